The van der Waals surface area contributed by atoms with Crippen LogP contribution in [0.1, 0.15) is 37.3 Å². The summed E-state index contributed by atoms with van der Waals surface area (Å²) in [7, 11) is 0. The topological polar surface area (TPSA) is 41.1 Å². The highest BCUT2D eigenvalue weighted by atomic mass is 16.1. The Bertz CT molecular complexity index is 444. The van der Waals surface area contributed by atoms with Crippen molar-refractivity contribution in [3.63, 3.8) is 0 Å². The average molecular weight is 274 g/mol. The summed E-state index contributed by atoms with van der Waals surface area (Å²) in [6.45, 7) is 6.18. The van der Waals surface area contributed by atoms with Crippen molar-refractivity contribution in [2.45, 2.75) is 45.6 Å². The summed E-state index contributed by atoms with van der Waals surface area (Å²) in [4.78, 5) is 11.9. The third-order valence-electron chi connectivity index (χ3n) is 4.17. The molecule has 0 aromatic heterocycles. The van der Waals surface area contributed by atoms with E-state index in [1.807, 2.05) is 0 Å². The van der Waals surface area contributed by atoms with E-state index in [9.17, 15) is 4.79 Å². The smallest absolute Gasteiger partial charge is 0.220 e. The number of piperidine rings is 1. The van der Waals surface area contributed by atoms with Crippen LogP contribution in [0.4, 0.5) is 0 Å². The van der Waals surface area contributed by atoms with Crippen LogP contribution in [0.2, 0.25) is 0 Å². The lowest BCUT2D eigenvalue weighted by Crippen LogP contribution is -2.47. The summed E-state index contributed by atoms with van der Waals surface area (Å²) < 4.78 is 0. The number of hydrogen-bond acceptors (Lipinski definition) is 2. The molecule has 2 rings (SSSR count). The van der Waals surface area contributed by atoms with Gasteiger partial charge in [-0.2, -0.15) is 0 Å². The Morgan fingerprint density at radius 1 is 1.45 bits per heavy atom. The van der Waals surface area contributed by atoms with Gasteiger partial charge >= 0.3 is 0 Å². The largest absolute Gasteiger partial charge is 0.355 e. The molecular formula is C17H26N2O. The maximum Gasteiger partial charge on any atom is 0.220 e. The summed E-state index contributed by atoms with van der Waals surface area (Å²) in [5.41, 5.74) is 2.49. The first-order chi connectivity index (χ1) is 9.65. The van der Waals surface area contributed by atoms with Crippen LogP contribution >= 0.6 is 0 Å². The number of aryl methyl sites for hydroxylation is 2. The summed E-state index contributed by atoms with van der Waals surface area (Å²) in [6.07, 6.45) is 3.90. The zero-order chi connectivity index (χ0) is 14.4. The van der Waals surface area contributed by atoms with Gasteiger partial charge in [-0.3, -0.25) is 4.79 Å². The van der Waals surface area contributed by atoms with Gasteiger partial charge in [0.25, 0.3) is 0 Å². The van der Waals surface area contributed by atoms with Crippen LogP contribution in [-0.2, 0) is 11.2 Å². The fourth-order valence-electron chi connectivity index (χ4n) is 2.82. The molecule has 0 radical (unpaired) electrons. The van der Waals surface area contributed by atoms with E-state index in [2.05, 4.69) is 48.7 Å². The highest BCUT2D eigenvalue weighted by molar-refractivity contribution is 5.76. The lowest BCUT2D eigenvalue weighted by atomic mass is 9.93. The van der Waals surface area contributed by atoms with Gasteiger partial charge in [-0.15, -0.1) is 0 Å². The van der Waals surface area contributed by atoms with E-state index in [4.69, 9.17) is 0 Å². The maximum atomic E-state index is 11.9. The zero-order valence-corrected chi connectivity index (χ0v) is 12.6. The SMILES string of the molecule is Cc1cccc(CCC(=O)NCC2NCCCC2C)c1. The lowest BCUT2D eigenvalue weighted by Gasteiger charge is -2.30. The summed E-state index contributed by atoms with van der Waals surface area (Å²) >= 11 is 0. The lowest BCUT2D eigenvalue weighted by molar-refractivity contribution is -0.121. The first-order valence-corrected chi connectivity index (χ1v) is 7.71. The Hall–Kier alpha value is -1.35. The van der Waals surface area contributed by atoms with Gasteiger partial charge in [0.05, 0.1) is 0 Å². The molecule has 1 aromatic carbocycles. The molecule has 2 atom stereocenters. The number of carbonyl (C=O) groups excluding carboxylic acids is 1. The predicted octanol–water partition coefficient (Wildman–Crippen LogP) is 2.43. The Kier molecular flexibility index (Phi) is 5.60. The monoisotopic (exact) mass is 274 g/mol. The molecule has 110 valence electrons. The quantitative estimate of drug-likeness (QED) is 0.866. The Morgan fingerprint density at radius 2 is 2.30 bits per heavy atom. The minimum absolute atomic E-state index is 0.158. The van der Waals surface area contributed by atoms with Crippen LogP contribution in [0.3, 0.4) is 0 Å². The minimum atomic E-state index is 0.158. The normalized spacial score (nSPS) is 22.5. The van der Waals surface area contributed by atoms with Crippen molar-refractivity contribution >= 4 is 5.91 Å². The summed E-state index contributed by atoms with van der Waals surface area (Å²) in [5, 5.41) is 6.56. The molecule has 1 heterocycles. The Morgan fingerprint density at radius 3 is 3.05 bits per heavy atom. The van der Waals surface area contributed by atoms with Crippen LogP contribution in [0.5, 0.6) is 0 Å². The first-order valence-electron chi connectivity index (χ1n) is 7.71. The molecule has 20 heavy (non-hydrogen) atoms. The number of carbonyl (C=O) groups is 1. The molecule has 1 aliphatic heterocycles. The fourth-order valence-corrected chi connectivity index (χ4v) is 2.82. The number of benzene rings is 1. The molecule has 1 aromatic rings. The van der Waals surface area contributed by atoms with Crippen LogP contribution < -0.4 is 10.6 Å². The Balaban J connectivity index is 1.70. The number of amides is 1. The molecule has 3 nitrogen and oxygen atoms in total. The van der Waals surface area contributed by atoms with Gasteiger partial charge in [0.2, 0.25) is 5.91 Å². The molecule has 2 unspecified atom stereocenters. The van der Waals surface area contributed by atoms with Gasteiger partial charge in [0.1, 0.15) is 0 Å². The molecule has 1 saturated heterocycles. The number of rotatable bonds is 5. The van der Waals surface area contributed by atoms with Gasteiger partial charge in [-0.1, -0.05) is 36.8 Å². The van der Waals surface area contributed by atoms with E-state index in [0.29, 0.717) is 18.4 Å². The highest BCUT2D eigenvalue weighted by Gasteiger charge is 2.20. The molecule has 1 aliphatic rings. The van der Waals surface area contributed by atoms with Crippen molar-refractivity contribution in [3.05, 3.63) is 35.4 Å². The van der Waals surface area contributed by atoms with E-state index in [-0.39, 0.29) is 5.91 Å². The van der Waals surface area contributed by atoms with E-state index in [0.717, 1.165) is 19.5 Å². The Labute approximate surface area is 122 Å². The second kappa shape index (κ2) is 7.44. The zero-order valence-electron chi connectivity index (χ0n) is 12.6. The van der Waals surface area contributed by atoms with Crippen molar-refractivity contribution in [1.29, 1.82) is 0 Å². The van der Waals surface area contributed by atoms with Gasteiger partial charge in [0, 0.05) is 19.0 Å². The fraction of sp³-hybridized carbons (Fsp3) is 0.588. The molecular weight excluding hydrogens is 248 g/mol. The first kappa shape index (κ1) is 15.0. The molecule has 0 bridgehead atoms. The predicted molar refractivity (Wildman–Crippen MR) is 82.7 cm³/mol. The van der Waals surface area contributed by atoms with Gasteiger partial charge < -0.3 is 10.6 Å². The standard InChI is InChI=1S/C17H26N2O/c1-13-5-3-7-15(11-13)8-9-17(20)19-12-16-14(2)6-4-10-18-16/h3,5,7,11,14,16,18H,4,6,8-10,12H2,1-2H3,(H,19,20). The third-order valence-corrected chi connectivity index (χ3v) is 4.17. The highest BCUT2D eigenvalue weighted by Crippen LogP contribution is 2.14. The molecule has 1 amide bonds. The maximum absolute atomic E-state index is 11.9. The van der Waals surface area contributed by atoms with Crippen LogP contribution in [0.25, 0.3) is 0 Å². The molecule has 3 heteroatoms. The van der Waals surface area contributed by atoms with Crippen molar-refractivity contribution < 1.29 is 4.79 Å². The van der Waals surface area contributed by atoms with Gasteiger partial charge in [-0.05, 0) is 44.2 Å². The van der Waals surface area contributed by atoms with Crippen molar-refractivity contribution in [3.8, 4) is 0 Å². The van der Waals surface area contributed by atoms with Crippen LogP contribution in [0, 0.1) is 12.8 Å². The van der Waals surface area contributed by atoms with E-state index in [1.165, 1.54) is 24.0 Å². The molecule has 0 aliphatic carbocycles. The summed E-state index contributed by atoms with van der Waals surface area (Å²) in [6, 6.07) is 8.81. The number of nitrogens with one attached hydrogen (secondary N) is 2. The molecule has 0 spiro atoms. The van der Waals surface area contributed by atoms with Crippen molar-refractivity contribution in [2.75, 3.05) is 13.1 Å². The minimum Gasteiger partial charge on any atom is -0.355 e. The number of hydrogen-bond donors (Lipinski definition) is 2. The van der Waals surface area contributed by atoms with E-state index >= 15 is 0 Å². The van der Waals surface area contributed by atoms with E-state index < -0.39 is 0 Å². The second-order valence-electron chi connectivity index (χ2n) is 5.97. The van der Waals surface area contributed by atoms with Crippen molar-refractivity contribution in [1.82, 2.24) is 10.6 Å². The average Bonchev–Trinajstić information content (AvgIpc) is 2.44. The molecule has 0 saturated carbocycles. The molecule has 1 fully saturated rings. The van der Waals surface area contributed by atoms with E-state index in [1.54, 1.807) is 0 Å². The third kappa shape index (κ3) is 4.64. The molecule has 2 N–H and O–H groups in total. The van der Waals surface area contributed by atoms with Gasteiger partial charge in [0.15, 0.2) is 0 Å². The summed E-state index contributed by atoms with van der Waals surface area (Å²) in [5.74, 6) is 0.812. The van der Waals surface area contributed by atoms with Gasteiger partial charge in [-0.25, -0.2) is 0 Å². The van der Waals surface area contributed by atoms with Crippen molar-refractivity contribution in [2.24, 2.45) is 5.92 Å². The van der Waals surface area contributed by atoms with Crippen LogP contribution in [-0.4, -0.2) is 25.0 Å². The second-order valence-corrected chi connectivity index (χ2v) is 5.97. The van der Waals surface area contributed by atoms with Crippen LogP contribution in [0.15, 0.2) is 24.3 Å².